The van der Waals surface area contributed by atoms with Gasteiger partial charge in [-0.2, -0.15) is 0 Å². The standard InChI is InChI=1S/C16H26O2/c1-3-12(2)8-9-18-16(17)7-6-15-11-13-4-5-14(15)10-13/h4-5,12-15H,3,6-11H2,1-2H3. The smallest absolute Gasteiger partial charge is 0.305 e. The zero-order chi connectivity index (χ0) is 13.0. The molecule has 1 fully saturated rings. The monoisotopic (exact) mass is 250 g/mol. The molecule has 2 aliphatic rings. The molecule has 2 rings (SSSR count). The number of esters is 1. The summed E-state index contributed by atoms with van der Waals surface area (Å²) >= 11 is 0. The summed E-state index contributed by atoms with van der Waals surface area (Å²) in [7, 11) is 0. The summed E-state index contributed by atoms with van der Waals surface area (Å²) in [6.45, 7) is 4.98. The van der Waals surface area contributed by atoms with Gasteiger partial charge < -0.3 is 4.74 Å². The predicted octanol–water partition coefficient (Wildman–Crippen LogP) is 3.96. The second kappa shape index (κ2) is 6.40. The molecule has 2 heteroatoms. The molecule has 2 nitrogen and oxygen atoms in total. The van der Waals surface area contributed by atoms with Crippen molar-refractivity contribution in [3.63, 3.8) is 0 Å². The van der Waals surface area contributed by atoms with Gasteiger partial charge in [0.2, 0.25) is 0 Å². The molecule has 0 N–H and O–H groups in total. The van der Waals surface area contributed by atoms with E-state index in [-0.39, 0.29) is 5.97 Å². The number of carbonyl (C=O) groups excluding carboxylic acids is 1. The summed E-state index contributed by atoms with van der Waals surface area (Å²) in [6.07, 6.45) is 11.1. The van der Waals surface area contributed by atoms with Gasteiger partial charge in [-0.1, -0.05) is 32.4 Å². The number of carbonyl (C=O) groups is 1. The maximum absolute atomic E-state index is 11.6. The summed E-state index contributed by atoms with van der Waals surface area (Å²) in [5, 5.41) is 0. The molecule has 0 heterocycles. The number of allylic oxidation sites excluding steroid dienone is 2. The maximum atomic E-state index is 11.6. The van der Waals surface area contributed by atoms with Crippen LogP contribution < -0.4 is 0 Å². The molecule has 0 saturated heterocycles. The van der Waals surface area contributed by atoms with Gasteiger partial charge in [-0.25, -0.2) is 0 Å². The number of fused-ring (bicyclic) bond motifs is 2. The van der Waals surface area contributed by atoms with Crippen LogP contribution in [-0.2, 0) is 9.53 Å². The first kappa shape index (κ1) is 13.6. The third kappa shape index (κ3) is 3.60. The van der Waals surface area contributed by atoms with Crippen LogP contribution in [0.25, 0.3) is 0 Å². The van der Waals surface area contributed by atoms with Crippen LogP contribution in [0.2, 0.25) is 0 Å². The second-order valence-electron chi connectivity index (χ2n) is 6.10. The predicted molar refractivity (Wildman–Crippen MR) is 73.1 cm³/mol. The van der Waals surface area contributed by atoms with Crippen LogP contribution in [0.5, 0.6) is 0 Å². The van der Waals surface area contributed by atoms with Crippen LogP contribution in [-0.4, -0.2) is 12.6 Å². The lowest BCUT2D eigenvalue weighted by Gasteiger charge is -2.17. The Morgan fingerprint density at radius 3 is 2.83 bits per heavy atom. The summed E-state index contributed by atoms with van der Waals surface area (Å²) in [5.74, 6) is 2.96. The van der Waals surface area contributed by atoms with E-state index in [1.807, 2.05) is 0 Å². The molecule has 0 aromatic heterocycles. The minimum absolute atomic E-state index is 0.00468. The number of ether oxygens (including phenoxy) is 1. The first-order chi connectivity index (χ1) is 8.69. The maximum Gasteiger partial charge on any atom is 0.305 e. The third-order valence-corrected chi connectivity index (χ3v) is 4.71. The highest BCUT2D eigenvalue weighted by Gasteiger charge is 2.35. The molecule has 0 aromatic rings. The quantitative estimate of drug-likeness (QED) is 0.505. The van der Waals surface area contributed by atoms with Gasteiger partial charge in [-0.15, -0.1) is 0 Å². The molecule has 0 spiro atoms. The Labute approximate surface area is 111 Å². The van der Waals surface area contributed by atoms with E-state index in [9.17, 15) is 4.79 Å². The SMILES string of the molecule is CCC(C)CCOC(=O)CCC1CC2C=CC1C2. The van der Waals surface area contributed by atoms with Crippen molar-refractivity contribution in [3.8, 4) is 0 Å². The van der Waals surface area contributed by atoms with E-state index in [4.69, 9.17) is 4.74 Å². The van der Waals surface area contributed by atoms with Crippen LogP contribution in [0.15, 0.2) is 12.2 Å². The molecule has 0 aliphatic heterocycles. The first-order valence-corrected chi connectivity index (χ1v) is 7.53. The summed E-state index contributed by atoms with van der Waals surface area (Å²) in [6, 6.07) is 0. The van der Waals surface area contributed by atoms with E-state index in [0.717, 1.165) is 37.0 Å². The zero-order valence-corrected chi connectivity index (χ0v) is 11.7. The van der Waals surface area contributed by atoms with Gasteiger partial charge >= 0.3 is 5.97 Å². The Morgan fingerprint density at radius 1 is 1.39 bits per heavy atom. The van der Waals surface area contributed by atoms with Crippen molar-refractivity contribution in [2.24, 2.45) is 23.7 Å². The van der Waals surface area contributed by atoms with Crippen molar-refractivity contribution < 1.29 is 9.53 Å². The second-order valence-corrected chi connectivity index (χ2v) is 6.10. The summed E-state index contributed by atoms with van der Waals surface area (Å²) in [4.78, 5) is 11.6. The van der Waals surface area contributed by atoms with Crippen LogP contribution in [0.3, 0.4) is 0 Å². The fraction of sp³-hybridized carbons (Fsp3) is 0.812. The molecule has 0 amide bonds. The van der Waals surface area contributed by atoms with Crippen molar-refractivity contribution >= 4 is 5.97 Å². The Bertz CT molecular complexity index is 308. The van der Waals surface area contributed by atoms with Gasteiger partial charge in [-0.05, 0) is 49.4 Å². The Hall–Kier alpha value is -0.790. The van der Waals surface area contributed by atoms with E-state index in [1.165, 1.54) is 12.8 Å². The molecule has 4 atom stereocenters. The lowest BCUT2D eigenvalue weighted by atomic mass is 9.89. The van der Waals surface area contributed by atoms with Crippen LogP contribution in [0, 0.1) is 23.7 Å². The molecule has 0 radical (unpaired) electrons. The molecule has 4 unspecified atom stereocenters. The fourth-order valence-corrected chi connectivity index (χ4v) is 3.18. The summed E-state index contributed by atoms with van der Waals surface area (Å²) < 4.78 is 5.30. The van der Waals surface area contributed by atoms with Gasteiger partial charge in [0.1, 0.15) is 0 Å². The van der Waals surface area contributed by atoms with Gasteiger partial charge in [0.15, 0.2) is 0 Å². The molecule has 0 aromatic carbocycles. The topological polar surface area (TPSA) is 26.3 Å². The van der Waals surface area contributed by atoms with Crippen molar-refractivity contribution in [1.82, 2.24) is 0 Å². The summed E-state index contributed by atoms with van der Waals surface area (Å²) in [5.41, 5.74) is 0. The normalized spacial score (nSPS) is 30.7. The molecule has 18 heavy (non-hydrogen) atoms. The lowest BCUT2D eigenvalue weighted by Crippen LogP contribution is -2.12. The molecular weight excluding hydrogens is 224 g/mol. The van der Waals surface area contributed by atoms with Crippen molar-refractivity contribution in [2.45, 2.75) is 52.4 Å². The number of rotatable bonds is 7. The minimum Gasteiger partial charge on any atom is -0.466 e. The van der Waals surface area contributed by atoms with Gasteiger partial charge in [0.25, 0.3) is 0 Å². The molecule has 1 saturated carbocycles. The Balaban J connectivity index is 1.56. The van der Waals surface area contributed by atoms with E-state index in [2.05, 4.69) is 26.0 Å². The van der Waals surface area contributed by atoms with Crippen LogP contribution in [0.1, 0.15) is 52.4 Å². The third-order valence-electron chi connectivity index (χ3n) is 4.71. The van der Waals surface area contributed by atoms with Crippen molar-refractivity contribution in [3.05, 3.63) is 12.2 Å². The van der Waals surface area contributed by atoms with Gasteiger partial charge in [-0.3, -0.25) is 4.79 Å². The van der Waals surface area contributed by atoms with Crippen molar-refractivity contribution in [2.75, 3.05) is 6.61 Å². The van der Waals surface area contributed by atoms with E-state index < -0.39 is 0 Å². The van der Waals surface area contributed by atoms with E-state index in [1.54, 1.807) is 0 Å². The van der Waals surface area contributed by atoms with Crippen LogP contribution in [0.4, 0.5) is 0 Å². The van der Waals surface area contributed by atoms with E-state index in [0.29, 0.717) is 18.9 Å². The molecule has 2 aliphatic carbocycles. The minimum atomic E-state index is 0.00468. The molecule has 2 bridgehead atoms. The highest BCUT2D eigenvalue weighted by molar-refractivity contribution is 5.69. The largest absolute Gasteiger partial charge is 0.466 e. The highest BCUT2D eigenvalue weighted by Crippen LogP contribution is 2.45. The number of hydrogen-bond donors (Lipinski definition) is 0. The average Bonchev–Trinajstić information content (AvgIpc) is 2.98. The molecular formula is C16H26O2. The van der Waals surface area contributed by atoms with Gasteiger partial charge in [0, 0.05) is 6.42 Å². The first-order valence-electron chi connectivity index (χ1n) is 7.53. The van der Waals surface area contributed by atoms with Crippen LogP contribution >= 0.6 is 0 Å². The fourth-order valence-electron chi connectivity index (χ4n) is 3.18. The average molecular weight is 250 g/mol. The van der Waals surface area contributed by atoms with Gasteiger partial charge in [0.05, 0.1) is 6.61 Å². The molecule has 102 valence electrons. The Kier molecular flexibility index (Phi) is 4.85. The number of hydrogen-bond acceptors (Lipinski definition) is 2. The van der Waals surface area contributed by atoms with Crippen molar-refractivity contribution in [1.29, 1.82) is 0 Å². The highest BCUT2D eigenvalue weighted by atomic mass is 16.5. The Morgan fingerprint density at radius 2 is 2.22 bits per heavy atom. The lowest BCUT2D eigenvalue weighted by molar-refractivity contribution is -0.144. The zero-order valence-electron chi connectivity index (χ0n) is 11.7. The van der Waals surface area contributed by atoms with E-state index >= 15 is 0 Å².